The summed E-state index contributed by atoms with van der Waals surface area (Å²) in [6.07, 6.45) is -1.73. The maximum atomic E-state index is 14.1. The molecule has 0 spiro atoms. The van der Waals surface area contributed by atoms with Crippen molar-refractivity contribution in [1.29, 1.82) is 0 Å². The number of halogens is 3. The van der Waals surface area contributed by atoms with Crippen LogP contribution in [0.3, 0.4) is 0 Å². The van der Waals surface area contributed by atoms with Gasteiger partial charge in [-0.1, -0.05) is 0 Å². The highest BCUT2D eigenvalue weighted by Gasteiger charge is 2.23. The van der Waals surface area contributed by atoms with Crippen LogP contribution in [0.25, 0.3) is 22.2 Å². The summed E-state index contributed by atoms with van der Waals surface area (Å²) in [4.78, 5) is 14.4. The fourth-order valence-corrected chi connectivity index (χ4v) is 2.76. The number of rotatable bonds is 4. The number of aromatic amines is 1. The van der Waals surface area contributed by atoms with E-state index in [9.17, 15) is 23.1 Å². The second kappa shape index (κ2) is 6.60. The Morgan fingerprint density at radius 2 is 1.84 bits per heavy atom. The molecule has 130 valence electrons. The van der Waals surface area contributed by atoms with Gasteiger partial charge in [0.2, 0.25) is 0 Å². The number of ether oxygens (including phenoxy) is 1. The van der Waals surface area contributed by atoms with E-state index < -0.39 is 29.5 Å². The highest BCUT2D eigenvalue weighted by molar-refractivity contribution is 5.92. The molecular formula is C18H14F3NO3. The van der Waals surface area contributed by atoms with Gasteiger partial charge in [0.1, 0.15) is 17.5 Å². The zero-order chi connectivity index (χ0) is 18.1. The predicted molar refractivity (Wildman–Crippen MR) is 85.3 cm³/mol. The molecular weight excluding hydrogens is 335 g/mol. The molecule has 0 radical (unpaired) electrons. The first-order valence-electron chi connectivity index (χ1n) is 7.42. The van der Waals surface area contributed by atoms with Crippen molar-refractivity contribution in [2.24, 2.45) is 0 Å². The van der Waals surface area contributed by atoms with Crippen molar-refractivity contribution in [2.45, 2.75) is 12.5 Å². The third-order valence-electron chi connectivity index (χ3n) is 3.94. The number of hydrogen-bond acceptors (Lipinski definition) is 3. The van der Waals surface area contributed by atoms with E-state index in [1.807, 2.05) is 0 Å². The molecule has 1 atom stereocenters. The minimum atomic E-state index is -1.51. The number of H-pyrrole nitrogens is 1. The van der Waals surface area contributed by atoms with Crippen molar-refractivity contribution in [1.82, 2.24) is 4.98 Å². The quantitative estimate of drug-likeness (QED) is 0.710. The van der Waals surface area contributed by atoms with E-state index in [0.29, 0.717) is 16.8 Å². The highest BCUT2D eigenvalue weighted by Crippen LogP contribution is 2.33. The van der Waals surface area contributed by atoms with Gasteiger partial charge in [0, 0.05) is 23.6 Å². The van der Waals surface area contributed by atoms with E-state index in [0.717, 1.165) is 19.2 Å². The lowest BCUT2D eigenvalue weighted by Gasteiger charge is -2.10. The van der Waals surface area contributed by atoms with E-state index in [1.165, 1.54) is 24.3 Å². The standard InChI is InChI=1S/C18H14F3NO3/c1-25-18(24)15(23)8-13-12-6-11(20)7-14(21)17(12)22-16(13)9-2-4-10(19)5-3-9/h2-7,15,22-23H,8H2,1H3/t15-/m0/s1. The minimum Gasteiger partial charge on any atom is -0.467 e. The number of carbonyl (C=O) groups excluding carboxylic acids is 1. The molecule has 0 amide bonds. The van der Waals surface area contributed by atoms with Crippen LogP contribution in [0.4, 0.5) is 13.2 Å². The number of aliphatic hydroxyl groups excluding tert-OH is 1. The van der Waals surface area contributed by atoms with Gasteiger partial charge in [0.15, 0.2) is 6.10 Å². The first-order valence-corrected chi connectivity index (χ1v) is 7.42. The third kappa shape index (κ3) is 3.23. The molecule has 0 aliphatic rings. The molecule has 2 aromatic carbocycles. The third-order valence-corrected chi connectivity index (χ3v) is 3.94. The van der Waals surface area contributed by atoms with Gasteiger partial charge in [-0.05, 0) is 41.5 Å². The highest BCUT2D eigenvalue weighted by atomic mass is 19.1. The van der Waals surface area contributed by atoms with Gasteiger partial charge in [-0.2, -0.15) is 0 Å². The van der Waals surface area contributed by atoms with E-state index in [-0.39, 0.29) is 17.3 Å². The summed E-state index contributed by atoms with van der Waals surface area (Å²) in [6.45, 7) is 0. The number of aliphatic hydroxyl groups is 1. The van der Waals surface area contributed by atoms with Crippen molar-refractivity contribution in [3.05, 3.63) is 59.4 Å². The number of esters is 1. The maximum absolute atomic E-state index is 14.1. The van der Waals surface area contributed by atoms with Crippen molar-refractivity contribution in [3.8, 4) is 11.3 Å². The molecule has 0 aliphatic heterocycles. The fraction of sp³-hybridized carbons (Fsp3) is 0.167. The molecule has 25 heavy (non-hydrogen) atoms. The largest absolute Gasteiger partial charge is 0.467 e. The summed E-state index contributed by atoms with van der Waals surface area (Å²) in [5, 5.41) is 10.2. The molecule has 1 heterocycles. The number of hydrogen-bond donors (Lipinski definition) is 2. The lowest BCUT2D eigenvalue weighted by atomic mass is 10.00. The molecule has 1 aromatic heterocycles. The summed E-state index contributed by atoms with van der Waals surface area (Å²) in [6, 6.07) is 7.20. The van der Waals surface area contributed by atoms with E-state index in [1.54, 1.807) is 0 Å². The molecule has 4 nitrogen and oxygen atoms in total. The zero-order valence-electron chi connectivity index (χ0n) is 13.1. The van der Waals surface area contributed by atoms with Gasteiger partial charge in [-0.15, -0.1) is 0 Å². The van der Waals surface area contributed by atoms with Crippen LogP contribution >= 0.6 is 0 Å². The molecule has 0 fully saturated rings. The topological polar surface area (TPSA) is 62.3 Å². The van der Waals surface area contributed by atoms with Gasteiger partial charge in [0.05, 0.1) is 12.6 Å². The first-order chi connectivity index (χ1) is 11.9. The molecule has 0 unspecified atom stereocenters. The minimum absolute atomic E-state index is 0.0350. The second-order valence-corrected chi connectivity index (χ2v) is 5.54. The molecule has 0 saturated heterocycles. The molecule has 3 rings (SSSR count). The Balaban J connectivity index is 2.20. The van der Waals surface area contributed by atoms with Gasteiger partial charge in [-0.25, -0.2) is 18.0 Å². The molecule has 2 N–H and O–H groups in total. The fourth-order valence-electron chi connectivity index (χ4n) is 2.76. The second-order valence-electron chi connectivity index (χ2n) is 5.54. The lowest BCUT2D eigenvalue weighted by molar-refractivity contribution is -0.150. The Hall–Kier alpha value is -2.80. The normalized spacial score (nSPS) is 12.4. The van der Waals surface area contributed by atoms with Gasteiger partial charge in [0.25, 0.3) is 0 Å². The van der Waals surface area contributed by atoms with Gasteiger partial charge < -0.3 is 14.8 Å². The molecule has 7 heteroatoms. The first kappa shape index (κ1) is 17.0. The molecule has 0 aliphatic carbocycles. The Labute approximate surface area is 140 Å². The molecule has 0 bridgehead atoms. The zero-order valence-corrected chi connectivity index (χ0v) is 13.1. The lowest BCUT2D eigenvalue weighted by Crippen LogP contribution is -2.24. The van der Waals surface area contributed by atoms with E-state index in [4.69, 9.17) is 0 Å². The van der Waals surface area contributed by atoms with E-state index in [2.05, 4.69) is 9.72 Å². The number of nitrogens with one attached hydrogen (secondary N) is 1. The van der Waals surface area contributed by atoms with Gasteiger partial charge in [-0.3, -0.25) is 0 Å². The average molecular weight is 349 g/mol. The summed E-state index contributed by atoms with van der Waals surface area (Å²) < 4.78 is 45.4. The van der Waals surface area contributed by atoms with Crippen molar-refractivity contribution in [2.75, 3.05) is 7.11 Å². The number of methoxy groups -OCH3 is 1. The van der Waals surface area contributed by atoms with Crippen LogP contribution in [0.1, 0.15) is 5.56 Å². The summed E-state index contributed by atoms with van der Waals surface area (Å²) >= 11 is 0. The summed E-state index contributed by atoms with van der Waals surface area (Å²) in [5.74, 6) is -2.91. The van der Waals surface area contributed by atoms with Crippen molar-refractivity contribution in [3.63, 3.8) is 0 Å². The monoisotopic (exact) mass is 349 g/mol. The number of benzene rings is 2. The van der Waals surface area contributed by atoms with Crippen LogP contribution in [-0.4, -0.2) is 29.3 Å². The SMILES string of the molecule is COC(=O)[C@@H](O)Cc1c(-c2ccc(F)cc2)[nH]c2c(F)cc(F)cc12. The Bertz CT molecular complexity index is 935. The maximum Gasteiger partial charge on any atom is 0.335 e. The smallest absolute Gasteiger partial charge is 0.335 e. The van der Waals surface area contributed by atoms with Crippen LogP contribution in [0.15, 0.2) is 36.4 Å². The summed E-state index contributed by atoms with van der Waals surface area (Å²) in [5.41, 5.74) is 1.23. The van der Waals surface area contributed by atoms with Crippen LogP contribution in [-0.2, 0) is 16.0 Å². The molecule has 3 aromatic rings. The average Bonchev–Trinajstić information content (AvgIpc) is 2.93. The van der Waals surface area contributed by atoms with Crippen LogP contribution < -0.4 is 0 Å². The van der Waals surface area contributed by atoms with Crippen molar-refractivity contribution < 1.29 is 27.8 Å². The van der Waals surface area contributed by atoms with Crippen LogP contribution in [0.5, 0.6) is 0 Å². The number of aromatic nitrogens is 1. The van der Waals surface area contributed by atoms with Crippen LogP contribution in [0, 0.1) is 17.5 Å². The molecule has 0 saturated carbocycles. The van der Waals surface area contributed by atoms with E-state index >= 15 is 0 Å². The Kier molecular flexibility index (Phi) is 4.50. The Morgan fingerprint density at radius 1 is 1.16 bits per heavy atom. The number of carbonyl (C=O) groups is 1. The Morgan fingerprint density at radius 3 is 2.48 bits per heavy atom. The van der Waals surface area contributed by atoms with Crippen LogP contribution in [0.2, 0.25) is 0 Å². The van der Waals surface area contributed by atoms with Crippen molar-refractivity contribution >= 4 is 16.9 Å². The van der Waals surface area contributed by atoms with Gasteiger partial charge >= 0.3 is 5.97 Å². The summed E-state index contributed by atoms with van der Waals surface area (Å²) in [7, 11) is 1.13. The number of fused-ring (bicyclic) bond motifs is 1. The predicted octanol–water partition coefficient (Wildman–Crippen LogP) is 3.33.